The van der Waals surface area contributed by atoms with Crippen LogP contribution >= 0.6 is 7.82 Å². The van der Waals surface area contributed by atoms with Gasteiger partial charge in [-0.1, -0.05) is 52.4 Å². The zero-order valence-electron chi connectivity index (χ0n) is 11.5. The SMILES string of the molecule is CCCCCCOP(=O)(O)OCCCCCC.[Co]. The van der Waals surface area contributed by atoms with Gasteiger partial charge >= 0.3 is 7.82 Å². The van der Waals surface area contributed by atoms with Gasteiger partial charge in [-0.2, -0.15) is 0 Å². The first-order valence-electron chi connectivity index (χ1n) is 6.74. The predicted molar refractivity (Wildman–Crippen MR) is 70.0 cm³/mol. The van der Waals surface area contributed by atoms with E-state index < -0.39 is 7.82 Å². The van der Waals surface area contributed by atoms with Crippen molar-refractivity contribution in [2.24, 2.45) is 0 Å². The summed E-state index contributed by atoms with van der Waals surface area (Å²) in [6.07, 6.45) is 8.26. The van der Waals surface area contributed by atoms with Crippen molar-refractivity contribution in [3.05, 3.63) is 0 Å². The first kappa shape index (κ1) is 20.9. The van der Waals surface area contributed by atoms with E-state index in [9.17, 15) is 9.46 Å². The molecule has 0 heterocycles. The zero-order valence-corrected chi connectivity index (χ0v) is 13.5. The molecule has 0 aromatic rings. The summed E-state index contributed by atoms with van der Waals surface area (Å²) >= 11 is 0. The van der Waals surface area contributed by atoms with Crippen molar-refractivity contribution in [2.75, 3.05) is 13.2 Å². The van der Waals surface area contributed by atoms with Crippen molar-refractivity contribution in [1.82, 2.24) is 0 Å². The van der Waals surface area contributed by atoms with Crippen LogP contribution in [0.15, 0.2) is 0 Å². The van der Waals surface area contributed by atoms with E-state index in [1.165, 1.54) is 0 Å². The Bertz CT molecular complexity index is 196. The molecule has 0 spiro atoms. The summed E-state index contributed by atoms with van der Waals surface area (Å²) in [5.74, 6) is 0. The molecule has 0 aliphatic heterocycles. The predicted octanol–water partition coefficient (Wildman–Crippen LogP) is 4.28. The molecule has 0 atom stereocenters. The van der Waals surface area contributed by atoms with E-state index in [2.05, 4.69) is 13.8 Å². The molecule has 1 radical (unpaired) electrons. The Labute approximate surface area is 122 Å². The molecule has 0 amide bonds. The maximum atomic E-state index is 11.4. The van der Waals surface area contributed by atoms with Crippen LogP contribution in [-0.2, 0) is 30.4 Å². The van der Waals surface area contributed by atoms with Crippen LogP contribution in [-0.4, -0.2) is 18.1 Å². The third-order valence-electron chi connectivity index (χ3n) is 2.50. The second kappa shape index (κ2) is 14.0. The molecule has 18 heavy (non-hydrogen) atoms. The van der Waals surface area contributed by atoms with Crippen LogP contribution in [0.1, 0.15) is 65.2 Å². The van der Waals surface area contributed by atoms with E-state index in [0.717, 1.165) is 51.4 Å². The maximum absolute atomic E-state index is 11.4. The average molecular weight is 325 g/mol. The Morgan fingerprint density at radius 3 is 1.56 bits per heavy atom. The van der Waals surface area contributed by atoms with Crippen LogP contribution in [0.3, 0.4) is 0 Å². The van der Waals surface area contributed by atoms with Gasteiger partial charge in [-0.15, -0.1) is 0 Å². The molecule has 113 valence electrons. The zero-order chi connectivity index (χ0) is 13.0. The average Bonchev–Trinajstić information content (AvgIpc) is 2.28. The number of phosphoric ester groups is 1. The number of rotatable bonds is 12. The van der Waals surface area contributed by atoms with Gasteiger partial charge in [0.25, 0.3) is 0 Å². The van der Waals surface area contributed by atoms with Crippen LogP contribution in [0.25, 0.3) is 0 Å². The Morgan fingerprint density at radius 2 is 1.22 bits per heavy atom. The van der Waals surface area contributed by atoms with E-state index in [1.807, 2.05) is 0 Å². The molecule has 0 aliphatic rings. The summed E-state index contributed by atoms with van der Waals surface area (Å²) in [5.41, 5.74) is 0. The molecule has 0 bridgehead atoms. The summed E-state index contributed by atoms with van der Waals surface area (Å²) in [6.45, 7) is 4.86. The van der Waals surface area contributed by atoms with E-state index in [0.29, 0.717) is 13.2 Å². The van der Waals surface area contributed by atoms with Crippen molar-refractivity contribution < 1.29 is 35.3 Å². The minimum absolute atomic E-state index is 0. The first-order chi connectivity index (χ1) is 8.12. The van der Waals surface area contributed by atoms with E-state index in [-0.39, 0.29) is 16.8 Å². The Morgan fingerprint density at radius 1 is 0.833 bits per heavy atom. The molecule has 0 fully saturated rings. The minimum atomic E-state index is -3.79. The molecule has 4 nitrogen and oxygen atoms in total. The Balaban J connectivity index is 0. The van der Waals surface area contributed by atoms with E-state index in [1.54, 1.807) is 0 Å². The van der Waals surface area contributed by atoms with Gasteiger partial charge in [0, 0.05) is 16.8 Å². The van der Waals surface area contributed by atoms with Gasteiger partial charge in [0.1, 0.15) is 0 Å². The summed E-state index contributed by atoms with van der Waals surface area (Å²) < 4.78 is 21.1. The van der Waals surface area contributed by atoms with Gasteiger partial charge in [-0.3, -0.25) is 9.05 Å². The van der Waals surface area contributed by atoms with Crippen LogP contribution in [0.2, 0.25) is 0 Å². The molecular formula is C12H27CoO4P. The van der Waals surface area contributed by atoms with Gasteiger partial charge in [0.15, 0.2) is 0 Å². The maximum Gasteiger partial charge on any atom is 0.472 e. The van der Waals surface area contributed by atoms with E-state index in [4.69, 9.17) is 9.05 Å². The normalized spacial score (nSPS) is 11.3. The third kappa shape index (κ3) is 14.7. The van der Waals surface area contributed by atoms with Crippen molar-refractivity contribution in [2.45, 2.75) is 65.2 Å². The Kier molecular flexibility index (Phi) is 16.3. The van der Waals surface area contributed by atoms with Gasteiger partial charge in [0.05, 0.1) is 13.2 Å². The molecule has 0 rings (SSSR count). The third-order valence-corrected chi connectivity index (χ3v) is 3.52. The second-order valence-electron chi connectivity index (χ2n) is 4.26. The van der Waals surface area contributed by atoms with Crippen molar-refractivity contribution in [3.63, 3.8) is 0 Å². The standard InChI is InChI=1S/C12H27O4P.Co/c1-3-5-7-9-11-15-17(13,14)16-12-10-8-6-4-2;/h3-12H2,1-2H3,(H,13,14);. The summed E-state index contributed by atoms with van der Waals surface area (Å²) in [7, 11) is -3.79. The second-order valence-corrected chi connectivity index (χ2v) is 5.71. The molecule has 0 saturated carbocycles. The number of hydrogen-bond donors (Lipinski definition) is 1. The summed E-state index contributed by atoms with van der Waals surface area (Å²) in [5, 5.41) is 0. The van der Waals surface area contributed by atoms with Crippen LogP contribution in [0.5, 0.6) is 0 Å². The molecule has 0 aromatic heterocycles. The number of unbranched alkanes of at least 4 members (excludes halogenated alkanes) is 6. The molecule has 1 N–H and O–H groups in total. The van der Waals surface area contributed by atoms with Gasteiger partial charge in [-0.05, 0) is 12.8 Å². The minimum Gasteiger partial charge on any atom is -0.302 e. The smallest absolute Gasteiger partial charge is 0.302 e. The summed E-state index contributed by atoms with van der Waals surface area (Å²) in [4.78, 5) is 9.34. The van der Waals surface area contributed by atoms with Crippen LogP contribution in [0.4, 0.5) is 0 Å². The molecule has 0 saturated heterocycles. The van der Waals surface area contributed by atoms with Crippen LogP contribution in [0, 0.1) is 0 Å². The fourth-order valence-electron chi connectivity index (χ4n) is 1.45. The van der Waals surface area contributed by atoms with Gasteiger partial charge in [0.2, 0.25) is 0 Å². The first-order valence-corrected chi connectivity index (χ1v) is 8.23. The van der Waals surface area contributed by atoms with Crippen molar-refractivity contribution in [1.29, 1.82) is 0 Å². The fourth-order valence-corrected chi connectivity index (χ4v) is 2.25. The van der Waals surface area contributed by atoms with E-state index >= 15 is 0 Å². The summed E-state index contributed by atoms with van der Waals surface area (Å²) in [6, 6.07) is 0. The van der Waals surface area contributed by atoms with Crippen molar-refractivity contribution >= 4 is 7.82 Å². The quantitative estimate of drug-likeness (QED) is 0.430. The Hall–Kier alpha value is 0.616. The molecule has 0 unspecified atom stereocenters. The van der Waals surface area contributed by atoms with Crippen molar-refractivity contribution in [3.8, 4) is 0 Å². The van der Waals surface area contributed by atoms with Crippen LogP contribution < -0.4 is 0 Å². The monoisotopic (exact) mass is 325 g/mol. The largest absolute Gasteiger partial charge is 0.472 e. The topological polar surface area (TPSA) is 55.8 Å². The van der Waals surface area contributed by atoms with Gasteiger partial charge < -0.3 is 4.89 Å². The number of phosphoric acid groups is 1. The fraction of sp³-hybridized carbons (Fsp3) is 1.00. The number of hydrogen-bond acceptors (Lipinski definition) is 3. The molecule has 6 heteroatoms. The molecule has 0 aromatic carbocycles. The van der Waals surface area contributed by atoms with Gasteiger partial charge in [-0.25, -0.2) is 4.57 Å². The molecule has 0 aliphatic carbocycles. The molecular weight excluding hydrogens is 298 g/mol.